The molecule has 0 bridgehead atoms. The zero-order chi connectivity index (χ0) is 14.0. The summed E-state index contributed by atoms with van der Waals surface area (Å²) in [6.07, 6.45) is -4.56. The molecule has 0 fully saturated rings. The molecule has 1 rings (SSSR count). The van der Waals surface area contributed by atoms with Crippen molar-refractivity contribution in [3.63, 3.8) is 0 Å². The van der Waals surface area contributed by atoms with Gasteiger partial charge in [-0.3, -0.25) is 4.72 Å². The van der Waals surface area contributed by atoms with Gasteiger partial charge >= 0.3 is 6.18 Å². The highest BCUT2D eigenvalue weighted by atomic mass is 32.2. The van der Waals surface area contributed by atoms with E-state index in [2.05, 4.69) is 0 Å². The second kappa shape index (κ2) is 4.73. The lowest BCUT2D eigenvalue weighted by Crippen LogP contribution is -2.17. The van der Waals surface area contributed by atoms with Crippen LogP contribution in [0.25, 0.3) is 0 Å². The molecular weight excluding hydrogens is 271 g/mol. The third kappa shape index (κ3) is 3.53. The maximum absolute atomic E-state index is 12.3. The highest BCUT2D eigenvalue weighted by molar-refractivity contribution is 7.92. The van der Waals surface area contributed by atoms with E-state index in [9.17, 15) is 21.6 Å². The van der Waals surface area contributed by atoms with Crippen LogP contribution in [-0.2, 0) is 16.2 Å². The molecule has 98 valence electrons. The Labute approximate surface area is 101 Å². The lowest BCUT2D eigenvalue weighted by molar-refractivity contribution is -0.137. The number of sulfonamides is 1. The first-order valence-electron chi connectivity index (χ1n) is 4.50. The number of nitrogens with zero attached hydrogens (tertiary/aromatic N) is 1. The van der Waals surface area contributed by atoms with Crippen molar-refractivity contribution in [2.24, 2.45) is 0 Å². The van der Waals surface area contributed by atoms with Crippen LogP contribution in [0, 0.1) is 11.3 Å². The molecule has 0 atom stereocenters. The number of anilines is 2. The number of rotatable bonds is 3. The van der Waals surface area contributed by atoms with Gasteiger partial charge in [0.2, 0.25) is 10.0 Å². The summed E-state index contributed by atoms with van der Waals surface area (Å²) in [6.45, 7) is 0. The van der Waals surface area contributed by atoms with Gasteiger partial charge < -0.3 is 5.73 Å². The Morgan fingerprint density at radius 3 is 2.44 bits per heavy atom. The predicted molar refractivity (Wildman–Crippen MR) is 58.9 cm³/mol. The molecule has 0 aliphatic carbocycles. The minimum Gasteiger partial charge on any atom is -0.397 e. The summed E-state index contributed by atoms with van der Waals surface area (Å²) < 4.78 is 61.3. The third-order valence-corrected chi connectivity index (χ3v) is 2.94. The maximum Gasteiger partial charge on any atom is 0.416 e. The summed E-state index contributed by atoms with van der Waals surface area (Å²) >= 11 is 0. The molecule has 0 aliphatic heterocycles. The fourth-order valence-electron chi connectivity index (χ4n) is 1.12. The zero-order valence-corrected chi connectivity index (χ0v) is 9.64. The van der Waals surface area contributed by atoms with Gasteiger partial charge in [0.25, 0.3) is 0 Å². The minimum absolute atomic E-state index is 0.196. The van der Waals surface area contributed by atoms with Gasteiger partial charge in [0.15, 0.2) is 5.75 Å². The molecular formula is C9H8F3N3O2S. The Morgan fingerprint density at radius 1 is 1.39 bits per heavy atom. The van der Waals surface area contributed by atoms with Gasteiger partial charge in [0.05, 0.1) is 23.0 Å². The van der Waals surface area contributed by atoms with Crippen molar-refractivity contribution in [1.29, 1.82) is 5.26 Å². The monoisotopic (exact) mass is 279 g/mol. The van der Waals surface area contributed by atoms with E-state index in [0.717, 1.165) is 6.07 Å². The molecule has 0 aliphatic rings. The topological polar surface area (TPSA) is 96.0 Å². The van der Waals surface area contributed by atoms with Gasteiger partial charge in [0, 0.05) is 0 Å². The standard InChI is InChI=1S/C9H8F3N3O2S/c10-9(11,12)6-1-2-8(7(14)5-6)15-18(16,17)4-3-13/h1-2,5,15H,4,14H2. The van der Waals surface area contributed by atoms with Crippen LogP contribution < -0.4 is 10.5 Å². The summed E-state index contributed by atoms with van der Waals surface area (Å²) in [4.78, 5) is 0. The number of halogens is 3. The summed E-state index contributed by atoms with van der Waals surface area (Å²) in [7, 11) is -3.93. The first-order chi connectivity index (χ1) is 8.15. The quantitative estimate of drug-likeness (QED) is 0.820. The van der Waals surface area contributed by atoms with Crippen LogP contribution in [0.15, 0.2) is 18.2 Å². The van der Waals surface area contributed by atoms with Crippen molar-refractivity contribution < 1.29 is 21.6 Å². The number of hydrogen-bond acceptors (Lipinski definition) is 4. The van der Waals surface area contributed by atoms with E-state index in [1.54, 1.807) is 0 Å². The molecule has 0 saturated carbocycles. The van der Waals surface area contributed by atoms with E-state index < -0.39 is 27.5 Å². The summed E-state index contributed by atoms with van der Waals surface area (Å²) in [5, 5.41) is 8.25. The average Bonchev–Trinajstić information content (AvgIpc) is 2.19. The summed E-state index contributed by atoms with van der Waals surface area (Å²) in [6, 6.07) is 3.62. The minimum atomic E-state index is -4.56. The van der Waals surface area contributed by atoms with Gasteiger partial charge in [0.1, 0.15) is 0 Å². The van der Waals surface area contributed by atoms with Gasteiger partial charge in [-0.15, -0.1) is 0 Å². The van der Waals surface area contributed by atoms with E-state index in [1.165, 1.54) is 6.07 Å². The fraction of sp³-hybridized carbons (Fsp3) is 0.222. The highest BCUT2D eigenvalue weighted by Crippen LogP contribution is 2.33. The second-order valence-electron chi connectivity index (χ2n) is 3.32. The molecule has 18 heavy (non-hydrogen) atoms. The molecule has 0 amide bonds. The van der Waals surface area contributed by atoms with Gasteiger partial charge in [-0.1, -0.05) is 0 Å². The molecule has 3 N–H and O–H groups in total. The smallest absolute Gasteiger partial charge is 0.397 e. The lowest BCUT2D eigenvalue weighted by atomic mass is 10.2. The average molecular weight is 279 g/mol. The number of nitrogens with one attached hydrogen (secondary N) is 1. The number of nitrogens with two attached hydrogens (primary N) is 1. The Hall–Kier alpha value is -1.95. The van der Waals surface area contributed by atoms with Crippen molar-refractivity contribution in [1.82, 2.24) is 0 Å². The van der Waals surface area contributed by atoms with Crippen molar-refractivity contribution in [2.75, 3.05) is 16.2 Å². The molecule has 9 heteroatoms. The molecule has 0 heterocycles. The third-order valence-electron chi connectivity index (χ3n) is 1.90. The van der Waals surface area contributed by atoms with Crippen molar-refractivity contribution in [2.45, 2.75) is 6.18 Å². The molecule has 0 spiro atoms. The van der Waals surface area contributed by atoms with Crippen LogP contribution in [0.1, 0.15) is 5.56 Å². The summed E-state index contributed by atoms with van der Waals surface area (Å²) in [5.74, 6) is -0.812. The number of benzene rings is 1. The first-order valence-corrected chi connectivity index (χ1v) is 6.15. The fourth-order valence-corrected chi connectivity index (χ4v) is 1.88. The van der Waals surface area contributed by atoms with Crippen LogP contribution in [0.4, 0.5) is 24.5 Å². The van der Waals surface area contributed by atoms with E-state index in [-0.39, 0.29) is 11.4 Å². The predicted octanol–water partition coefficient (Wildman–Crippen LogP) is 1.55. The van der Waals surface area contributed by atoms with Crippen LogP contribution in [0.5, 0.6) is 0 Å². The molecule has 0 aromatic heterocycles. The zero-order valence-electron chi connectivity index (χ0n) is 8.82. The van der Waals surface area contributed by atoms with Crippen LogP contribution in [0.3, 0.4) is 0 Å². The molecule has 0 unspecified atom stereocenters. The maximum atomic E-state index is 12.3. The van der Waals surface area contributed by atoms with Crippen molar-refractivity contribution >= 4 is 21.4 Å². The Kier molecular flexibility index (Phi) is 3.71. The van der Waals surface area contributed by atoms with Gasteiger partial charge in [-0.05, 0) is 18.2 Å². The number of hydrogen-bond donors (Lipinski definition) is 2. The van der Waals surface area contributed by atoms with Crippen LogP contribution in [-0.4, -0.2) is 14.2 Å². The normalized spacial score (nSPS) is 11.9. The highest BCUT2D eigenvalue weighted by Gasteiger charge is 2.31. The lowest BCUT2D eigenvalue weighted by Gasteiger charge is -2.11. The molecule has 1 aromatic rings. The van der Waals surface area contributed by atoms with Crippen molar-refractivity contribution in [3.05, 3.63) is 23.8 Å². The molecule has 5 nitrogen and oxygen atoms in total. The molecule has 0 saturated heterocycles. The van der Waals surface area contributed by atoms with Gasteiger partial charge in [-0.2, -0.15) is 18.4 Å². The Morgan fingerprint density at radius 2 is 2.00 bits per heavy atom. The number of alkyl halides is 3. The van der Waals surface area contributed by atoms with Gasteiger partial charge in [-0.25, -0.2) is 8.42 Å². The Balaban J connectivity index is 3.05. The summed E-state index contributed by atoms with van der Waals surface area (Å²) in [5.41, 5.74) is 3.76. The van der Waals surface area contributed by atoms with Crippen LogP contribution >= 0.6 is 0 Å². The SMILES string of the molecule is N#CCS(=O)(=O)Nc1ccc(C(F)(F)F)cc1N. The molecule has 0 radical (unpaired) electrons. The van der Waals surface area contributed by atoms with Crippen LogP contribution in [0.2, 0.25) is 0 Å². The Bertz CT molecular complexity index is 590. The second-order valence-corrected chi connectivity index (χ2v) is 5.04. The largest absolute Gasteiger partial charge is 0.416 e. The van der Waals surface area contributed by atoms with E-state index in [1.807, 2.05) is 4.72 Å². The first kappa shape index (κ1) is 14.1. The number of nitrogen functional groups attached to an aromatic ring is 1. The molecule has 1 aromatic carbocycles. The number of nitriles is 1. The van der Waals surface area contributed by atoms with E-state index in [0.29, 0.717) is 12.1 Å². The van der Waals surface area contributed by atoms with Crippen molar-refractivity contribution in [3.8, 4) is 6.07 Å². The van der Waals surface area contributed by atoms with E-state index in [4.69, 9.17) is 11.0 Å². The van der Waals surface area contributed by atoms with E-state index >= 15 is 0 Å².